The molecule has 0 bridgehead atoms. The van der Waals surface area contributed by atoms with Gasteiger partial charge in [0.1, 0.15) is 19.5 Å². The van der Waals surface area contributed by atoms with Crippen LogP contribution in [0.25, 0.3) is 0 Å². The Kier molecular flexibility index (Phi) is 6.28. The molecule has 0 aliphatic carbocycles. The van der Waals surface area contributed by atoms with Crippen molar-refractivity contribution in [2.45, 2.75) is 6.61 Å². The number of oxime groups is 1. The summed E-state index contributed by atoms with van der Waals surface area (Å²) in [7, 11) is 1.34. The lowest BCUT2D eigenvalue weighted by atomic mass is 10.0. The van der Waals surface area contributed by atoms with E-state index < -0.39 is 5.24 Å². The fourth-order valence-electron chi connectivity index (χ4n) is 1.91. The van der Waals surface area contributed by atoms with E-state index in [0.717, 1.165) is 0 Å². The molecular formula is C16H12Cl3NO3. The van der Waals surface area contributed by atoms with Gasteiger partial charge in [0.25, 0.3) is 5.24 Å². The number of halogens is 3. The molecule has 2 aromatic carbocycles. The van der Waals surface area contributed by atoms with Crippen LogP contribution in [0.3, 0.4) is 0 Å². The van der Waals surface area contributed by atoms with E-state index in [2.05, 4.69) is 9.99 Å². The van der Waals surface area contributed by atoms with E-state index in [0.29, 0.717) is 26.9 Å². The number of hydrogen-bond acceptors (Lipinski definition) is 4. The van der Waals surface area contributed by atoms with Crippen molar-refractivity contribution in [3.8, 4) is 5.75 Å². The third-order valence-corrected chi connectivity index (χ3v) is 3.63. The number of nitrogens with zero attached hydrogens (tertiary/aromatic N) is 1. The minimum absolute atomic E-state index is 0.00979. The molecule has 0 saturated carbocycles. The highest BCUT2D eigenvalue weighted by molar-refractivity contribution is 6.84. The lowest BCUT2D eigenvalue weighted by Crippen LogP contribution is -2.14. The van der Waals surface area contributed by atoms with Gasteiger partial charge in [-0.3, -0.25) is 4.79 Å². The molecule has 0 amide bonds. The second kappa shape index (κ2) is 8.20. The molecule has 23 heavy (non-hydrogen) atoms. The number of benzene rings is 2. The minimum Gasteiger partial charge on any atom is -0.487 e. The Labute approximate surface area is 148 Å². The first-order chi connectivity index (χ1) is 11.0. The van der Waals surface area contributed by atoms with Crippen LogP contribution in [0, 0.1) is 0 Å². The van der Waals surface area contributed by atoms with Crippen molar-refractivity contribution in [2.75, 3.05) is 7.11 Å². The van der Waals surface area contributed by atoms with Crippen LogP contribution in [0.15, 0.2) is 47.6 Å². The smallest absolute Gasteiger partial charge is 0.274 e. The van der Waals surface area contributed by atoms with Gasteiger partial charge in [-0.15, -0.1) is 0 Å². The van der Waals surface area contributed by atoms with Crippen LogP contribution >= 0.6 is 34.8 Å². The van der Waals surface area contributed by atoms with E-state index in [1.54, 1.807) is 36.4 Å². The van der Waals surface area contributed by atoms with Crippen molar-refractivity contribution < 1.29 is 14.4 Å². The normalized spacial score (nSPS) is 11.2. The van der Waals surface area contributed by atoms with Gasteiger partial charge in [0.05, 0.1) is 5.02 Å². The first-order valence-corrected chi connectivity index (χ1v) is 7.63. The lowest BCUT2D eigenvalue weighted by Gasteiger charge is -2.12. The first kappa shape index (κ1) is 17.6. The van der Waals surface area contributed by atoms with Gasteiger partial charge in [0.2, 0.25) is 0 Å². The standard InChI is InChI=1S/C16H12Cl3NO3/c1-22-20-15(16(19)21)12-5-3-2-4-10(12)9-23-14-7-6-11(17)8-13(14)18/h2-8H,9H2,1H3. The Balaban J connectivity index is 2.27. The zero-order chi connectivity index (χ0) is 16.8. The molecule has 0 N–H and O–H groups in total. The third-order valence-electron chi connectivity index (χ3n) is 2.92. The lowest BCUT2D eigenvalue weighted by molar-refractivity contribution is -0.106. The fraction of sp³-hybridized carbons (Fsp3) is 0.125. The van der Waals surface area contributed by atoms with Crippen molar-refractivity contribution in [2.24, 2.45) is 5.16 Å². The van der Waals surface area contributed by atoms with E-state index in [4.69, 9.17) is 39.5 Å². The summed E-state index contributed by atoms with van der Waals surface area (Å²) in [4.78, 5) is 16.2. The molecule has 0 aromatic heterocycles. The summed E-state index contributed by atoms with van der Waals surface area (Å²) < 4.78 is 5.69. The third kappa shape index (κ3) is 4.61. The highest BCUT2D eigenvalue weighted by atomic mass is 35.5. The summed E-state index contributed by atoms with van der Waals surface area (Å²) in [6.07, 6.45) is 0. The van der Waals surface area contributed by atoms with Gasteiger partial charge in [-0.25, -0.2) is 0 Å². The zero-order valence-electron chi connectivity index (χ0n) is 12.1. The highest BCUT2D eigenvalue weighted by Gasteiger charge is 2.17. The van der Waals surface area contributed by atoms with Gasteiger partial charge >= 0.3 is 0 Å². The molecule has 0 atom stereocenters. The van der Waals surface area contributed by atoms with Crippen molar-refractivity contribution in [1.82, 2.24) is 0 Å². The molecular weight excluding hydrogens is 361 g/mol. The molecule has 0 aliphatic heterocycles. The predicted molar refractivity (Wildman–Crippen MR) is 91.6 cm³/mol. The Bertz CT molecular complexity index is 747. The van der Waals surface area contributed by atoms with E-state index >= 15 is 0 Å². The molecule has 2 rings (SSSR count). The van der Waals surface area contributed by atoms with E-state index in [9.17, 15) is 4.79 Å². The van der Waals surface area contributed by atoms with Gasteiger partial charge in [-0.2, -0.15) is 0 Å². The largest absolute Gasteiger partial charge is 0.487 e. The van der Waals surface area contributed by atoms with E-state index in [1.807, 2.05) is 6.07 Å². The van der Waals surface area contributed by atoms with Gasteiger partial charge in [0, 0.05) is 10.6 Å². The maximum Gasteiger partial charge on any atom is 0.274 e. The SMILES string of the molecule is CON=C(C(=O)Cl)c1ccccc1COc1ccc(Cl)cc1Cl. The summed E-state index contributed by atoms with van der Waals surface area (Å²) in [5.41, 5.74) is 1.25. The highest BCUT2D eigenvalue weighted by Crippen LogP contribution is 2.28. The summed E-state index contributed by atoms with van der Waals surface area (Å²) in [6, 6.07) is 12.0. The second-order valence-corrected chi connectivity index (χ2v) is 5.60. The van der Waals surface area contributed by atoms with Crippen molar-refractivity contribution in [3.63, 3.8) is 0 Å². The summed E-state index contributed by atoms with van der Waals surface area (Å²) in [6.45, 7) is 0.171. The number of carbonyl (C=O) groups excluding carboxylic acids is 1. The van der Waals surface area contributed by atoms with Gasteiger partial charge < -0.3 is 9.57 Å². The summed E-state index contributed by atoms with van der Waals surface area (Å²) >= 11 is 17.5. The quantitative estimate of drug-likeness (QED) is 0.420. The number of rotatable bonds is 6. The molecule has 0 heterocycles. The fourth-order valence-corrected chi connectivity index (χ4v) is 2.51. The van der Waals surface area contributed by atoms with Crippen LogP contribution in [0.2, 0.25) is 10.0 Å². The molecule has 0 aliphatic rings. The second-order valence-electron chi connectivity index (χ2n) is 4.42. The van der Waals surface area contributed by atoms with Crippen molar-refractivity contribution >= 4 is 45.8 Å². The maximum absolute atomic E-state index is 11.5. The number of carbonyl (C=O) groups is 1. The first-order valence-electron chi connectivity index (χ1n) is 6.50. The van der Waals surface area contributed by atoms with Crippen LogP contribution in [-0.4, -0.2) is 18.1 Å². The summed E-state index contributed by atoms with van der Waals surface area (Å²) in [5, 5.41) is 3.87. The Morgan fingerprint density at radius 3 is 2.57 bits per heavy atom. The molecule has 0 unspecified atom stereocenters. The van der Waals surface area contributed by atoms with Crippen LogP contribution in [0.1, 0.15) is 11.1 Å². The van der Waals surface area contributed by atoms with E-state index in [-0.39, 0.29) is 12.3 Å². The minimum atomic E-state index is -0.719. The molecule has 0 fully saturated rings. The number of hydrogen-bond donors (Lipinski definition) is 0. The van der Waals surface area contributed by atoms with Crippen LogP contribution < -0.4 is 4.74 Å². The topological polar surface area (TPSA) is 47.9 Å². The Hall–Kier alpha value is -1.75. The monoisotopic (exact) mass is 371 g/mol. The zero-order valence-corrected chi connectivity index (χ0v) is 14.3. The number of ether oxygens (including phenoxy) is 1. The summed E-state index contributed by atoms with van der Waals surface area (Å²) in [5.74, 6) is 0.480. The molecule has 0 spiro atoms. The molecule has 0 radical (unpaired) electrons. The molecule has 7 heteroatoms. The van der Waals surface area contributed by atoms with Crippen LogP contribution in [0.4, 0.5) is 0 Å². The van der Waals surface area contributed by atoms with Crippen LogP contribution in [-0.2, 0) is 16.2 Å². The van der Waals surface area contributed by atoms with Crippen molar-refractivity contribution in [3.05, 3.63) is 63.6 Å². The average molecular weight is 373 g/mol. The van der Waals surface area contributed by atoms with Crippen LogP contribution in [0.5, 0.6) is 5.75 Å². The maximum atomic E-state index is 11.5. The molecule has 2 aromatic rings. The van der Waals surface area contributed by atoms with Gasteiger partial charge in [-0.1, -0.05) is 52.6 Å². The van der Waals surface area contributed by atoms with Gasteiger partial charge in [-0.05, 0) is 35.4 Å². The Morgan fingerprint density at radius 1 is 1.17 bits per heavy atom. The van der Waals surface area contributed by atoms with Crippen molar-refractivity contribution in [1.29, 1.82) is 0 Å². The van der Waals surface area contributed by atoms with Gasteiger partial charge in [0.15, 0.2) is 5.71 Å². The molecule has 120 valence electrons. The molecule has 4 nitrogen and oxygen atoms in total. The molecule has 0 saturated heterocycles. The van der Waals surface area contributed by atoms with E-state index in [1.165, 1.54) is 7.11 Å². The Morgan fingerprint density at radius 2 is 1.91 bits per heavy atom. The average Bonchev–Trinajstić information content (AvgIpc) is 2.52. The predicted octanol–water partition coefficient (Wildman–Crippen LogP) is 4.69.